The first-order chi connectivity index (χ1) is 6.90. The van der Waals surface area contributed by atoms with Crippen LogP contribution in [0.1, 0.15) is 47.5 Å². The third-order valence-electron chi connectivity index (χ3n) is 2.08. The smallest absolute Gasteiger partial charge is 0.225 e. The molecule has 0 saturated heterocycles. The Kier molecular flexibility index (Phi) is 6.57. The van der Waals surface area contributed by atoms with Crippen LogP contribution in [0.2, 0.25) is 0 Å². The minimum absolute atomic E-state index is 0.00539. The molecule has 0 aliphatic rings. The molecule has 0 aliphatic carbocycles. The average Bonchev–Trinajstić information content (AvgIpc) is 2.11. The maximum absolute atomic E-state index is 11.7. The van der Waals surface area contributed by atoms with Crippen molar-refractivity contribution in [1.82, 2.24) is 5.32 Å². The lowest BCUT2D eigenvalue weighted by Crippen LogP contribution is -2.35. The highest BCUT2D eigenvalue weighted by Crippen LogP contribution is 2.13. The van der Waals surface area contributed by atoms with Gasteiger partial charge in [0.1, 0.15) is 0 Å². The number of hydrogen-bond acceptors (Lipinski definition) is 2. The predicted octanol–water partition coefficient (Wildman–Crippen LogP) is 2.35. The van der Waals surface area contributed by atoms with Crippen LogP contribution in [0.15, 0.2) is 0 Å². The molecule has 3 heteroatoms. The molecule has 1 amide bonds. The molecule has 0 bridgehead atoms. The normalized spacial score (nSPS) is 13.7. The summed E-state index contributed by atoms with van der Waals surface area (Å²) >= 11 is 0. The van der Waals surface area contributed by atoms with Gasteiger partial charge in [0, 0.05) is 6.54 Å². The van der Waals surface area contributed by atoms with Crippen LogP contribution in [-0.4, -0.2) is 24.7 Å². The first-order valence-corrected chi connectivity index (χ1v) is 5.82. The summed E-state index contributed by atoms with van der Waals surface area (Å²) in [5.74, 6) is 0.109. The molecule has 0 aromatic heterocycles. The largest absolute Gasteiger partial charge is 0.375 e. The van der Waals surface area contributed by atoms with Crippen LogP contribution < -0.4 is 5.32 Å². The Bertz CT molecular complexity index is 185. The molecule has 1 N–H and O–H groups in total. The van der Waals surface area contributed by atoms with E-state index in [-0.39, 0.29) is 17.4 Å². The molecule has 0 aliphatic heterocycles. The Morgan fingerprint density at radius 3 is 2.33 bits per heavy atom. The molecule has 0 aromatic carbocycles. The van der Waals surface area contributed by atoms with Crippen molar-refractivity contribution >= 4 is 5.91 Å². The molecule has 0 fully saturated rings. The molecule has 1 atom stereocenters. The summed E-state index contributed by atoms with van der Waals surface area (Å²) in [6.45, 7) is 11.3. The first-order valence-electron chi connectivity index (χ1n) is 5.82. The zero-order valence-corrected chi connectivity index (χ0v) is 10.7. The number of amides is 1. The van der Waals surface area contributed by atoms with E-state index < -0.39 is 0 Å². The Labute approximate surface area is 93.6 Å². The van der Waals surface area contributed by atoms with Gasteiger partial charge in [0.2, 0.25) is 5.91 Å². The molecule has 90 valence electrons. The minimum Gasteiger partial charge on any atom is -0.375 e. The summed E-state index contributed by atoms with van der Waals surface area (Å²) in [6, 6.07) is 0. The van der Waals surface area contributed by atoms with Crippen LogP contribution in [0.4, 0.5) is 0 Å². The van der Waals surface area contributed by atoms with E-state index in [1.54, 1.807) is 0 Å². The van der Waals surface area contributed by atoms with Gasteiger partial charge in [-0.25, -0.2) is 0 Å². The van der Waals surface area contributed by atoms with Gasteiger partial charge < -0.3 is 10.1 Å². The number of carbonyl (C=O) groups excluding carboxylic acids is 1. The van der Waals surface area contributed by atoms with E-state index in [1.165, 1.54) is 0 Å². The molecule has 0 radical (unpaired) electrons. The minimum atomic E-state index is -0.168. The maximum Gasteiger partial charge on any atom is 0.225 e. The van der Waals surface area contributed by atoms with E-state index in [4.69, 9.17) is 4.74 Å². The van der Waals surface area contributed by atoms with E-state index in [0.717, 1.165) is 12.8 Å². The van der Waals surface area contributed by atoms with Crippen LogP contribution in [-0.2, 0) is 9.53 Å². The molecule has 0 saturated carbocycles. The van der Waals surface area contributed by atoms with Crippen LogP contribution >= 0.6 is 0 Å². The van der Waals surface area contributed by atoms with Crippen LogP contribution in [0.3, 0.4) is 0 Å². The highest BCUT2D eigenvalue weighted by atomic mass is 16.5. The number of carbonyl (C=O) groups is 1. The molecule has 0 heterocycles. The Hall–Kier alpha value is -0.570. The zero-order valence-electron chi connectivity index (χ0n) is 10.7. The second-order valence-corrected chi connectivity index (χ2v) is 4.80. The van der Waals surface area contributed by atoms with Gasteiger partial charge in [-0.05, 0) is 34.1 Å². The molecular formula is C12H25NO2. The highest BCUT2D eigenvalue weighted by molar-refractivity contribution is 5.78. The SMILES string of the molecule is CCCC(COC(C)(C)C)C(=O)NCC. The van der Waals surface area contributed by atoms with Crippen LogP contribution in [0, 0.1) is 5.92 Å². The summed E-state index contributed by atoms with van der Waals surface area (Å²) in [4.78, 5) is 11.7. The van der Waals surface area contributed by atoms with Gasteiger partial charge in [-0.15, -0.1) is 0 Å². The lowest BCUT2D eigenvalue weighted by molar-refractivity contribution is -0.129. The third-order valence-corrected chi connectivity index (χ3v) is 2.08. The molecule has 0 rings (SSSR count). The number of hydrogen-bond donors (Lipinski definition) is 1. The van der Waals surface area contributed by atoms with Crippen molar-refractivity contribution in [2.24, 2.45) is 5.92 Å². The summed E-state index contributed by atoms with van der Waals surface area (Å²) in [7, 11) is 0. The fourth-order valence-electron chi connectivity index (χ4n) is 1.31. The highest BCUT2D eigenvalue weighted by Gasteiger charge is 2.20. The molecule has 3 nitrogen and oxygen atoms in total. The van der Waals surface area contributed by atoms with E-state index in [1.807, 2.05) is 27.7 Å². The summed E-state index contributed by atoms with van der Waals surface area (Å²) < 4.78 is 5.65. The van der Waals surface area contributed by atoms with Gasteiger partial charge in [-0.3, -0.25) is 4.79 Å². The Balaban J connectivity index is 4.09. The van der Waals surface area contributed by atoms with E-state index in [0.29, 0.717) is 13.2 Å². The summed E-state index contributed by atoms with van der Waals surface area (Å²) in [5, 5.41) is 2.85. The first kappa shape index (κ1) is 14.4. The van der Waals surface area contributed by atoms with Crippen molar-refractivity contribution in [3.05, 3.63) is 0 Å². The van der Waals surface area contributed by atoms with Gasteiger partial charge in [0.05, 0.1) is 18.1 Å². The summed E-state index contributed by atoms with van der Waals surface area (Å²) in [6.07, 6.45) is 1.90. The second-order valence-electron chi connectivity index (χ2n) is 4.80. The van der Waals surface area contributed by atoms with Gasteiger partial charge in [0.15, 0.2) is 0 Å². The molecule has 0 spiro atoms. The predicted molar refractivity (Wildman–Crippen MR) is 62.8 cm³/mol. The number of nitrogens with one attached hydrogen (secondary N) is 1. The number of rotatable bonds is 6. The average molecular weight is 215 g/mol. The molecule has 1 unspecified atom stereocenters. The lowest BCUT2D eigenvalue weighted by Gasteiger charge is -2.23. The molecule has 0 aromatic rings. The quantitative estimate of drug-likeness (QED) is 0.738. The second kappa shape index (κ2) is 6.83. The maximum atomic E-state index is 11.7. The Morgan fingerprint density at radius 2 is 1.93 bits per heavy atom. The van der Waals surface area contributed by atoms with E-state index in [2.05, 4.69) is 12.2 Å². The van der Waals surface area contributed by atoms with Crippen LogP contribution in [0.5, 0.6) is 0 Å². The zero-order chi connectivity index (χ0) is 11.9. The van der Waals surface area contributed by atoms with Crippen molar-refractivity contribution in [3.8, 4) is 0 Å². The van der Waals surface area contributed by atoms with Crippen molar-refractivity contribution in [1.29, 1.82) is 0 Å². The third kappa shape index (κ3) is 7.37. The fraction of sp³-hybridized carbons (Fsp3) is 0.917. The number of ether oxygens (including phenoxy) is 1. The monoisotopic (exact) mass is 215 g/mol. The van der Waals surface area contributed by atoms with Crippen molar-refractivity contribution < 1.29 is 9.53 Å². The summed E-state index contributed by atoms with van der Waals surface area (Å²) in [5.41, 5.74) is -0.168. The van der Waals surface area contributed by atoms with Crippen molar-refractivity contribution in [3.63, 3.8) is 0 Å². The van der Waals surface area contributed by atoms with Gasteiger partial charge >= 0.3 is 0 Å². The van der Waals surface area contributed by atoms with E-state index in [9.17, 15) is 4.79 Å². The molecule has 15 heavy (non-hydrogen) atoms. The van der Waals surface area contributed by atoms with Crippen molar-refractivity contribution in [2.75, 3.05) is 13.2 Å². The van der Waals surface area contributed by atoms with E-state index >= 15 is 0 Å². The standard InChI is InChI=1S/C12H25NO2/c1-6-8-10(11(14)13-7-2)9-15-12(3,4)5/h10H,6-9H2,1-5H3,(H,13,14). The fourth-order valence-corrected chi connectivity index (χ4v) is 1.31. The Morgan fingerprint density at radius 1 is 1.33 bits per heavy atom. The topological polar surface area (TPSA) is 38.3 Å². The lowest BCUT2D eigenvalue weighted by atomic mass is 10.0. The van der Waals surface area contributed by atoms with Crippen molar-refractivity contribution in [2.45, 2.75) is 53.1 Å². The molecular weight excluding hydrogens is 190 g/mol. The van der Waals surface area contributed by atoms with Gasteiger partial charge in [-0.1, -0.05) is 13.3 Å². The van der Waals surface area contributed by atoms with Gasteiger partial charge in [0.25, 0.3) is 0 Å². The van der Waals surface area contributed by atoms with Crippen LogP contribution in [0.25, 0.3) is 0 Å². The van der Waals surface area contributed by atoms with Gasteiger partial charge in [-0.2, -0.15) is 0 Å².